The van der Waals surface area contributed by atoms with E-state index in [-0.39, 0.29) is 17.5 Å². The maximum absolute atomic E-state index is 14.7. The third kappa shape index (κ3) is 3.46. The molecule has 0 aliphatic carbocycles. The van der Waals surface area contributed by atoms with E-state index in [2.05, 4.69) is 11.4 Å². The summed E-state index contributed by atoms with van der Waals surface area (Å²) in [5, 5.41) is 3.08. The number of ketones is 2. The van der Waals surface area contributed by atoms with E-state index in [4.69, 9.17) is 4.74 Å². The molecule has 4 aromatic rings. The SMILES string of the molecule is COc1ccc(C(=O)[C@@H]2[C@H](C(=O)c3ccccc3)[C@@]3(C(=O)Nc4ccccc43)[C@H]3C=C(C)c4ccccc4N23)cc1. The smallest absolute Gasteiger partial charge is 0.238 e. The molecule has 1 fully saturated rings. The maximum Gasteiger partial charge on any atom is 0.238 e. The van der Waals surface area contributed by atoms with Crippen LogP contribution < -0.4 is 15.0 Å². The molecule has 0 saturated carbocycles. The Bertz CT molecular complexity index is 1740. The van der Waals surface area contributed by atoms with E-state index >= 15 is 0 Å². The van der Waals surface area contributed by atoms with Gasteiger partial charge in [-0.2, -0.15) is 0 Å². The quantitative estimate of drug-likeness (QED) is 0.317. The molecule has 4 atom stereocenters. The molecule has 4 aromatic carbocycles. The Morgan fingerprint density at radius 2 is 1.46 bits per heavy atom. The van der Waals surface area contributed by atoms with Gasteiger partial charge in [0.25, 0.3) is 0 Å². The summed E-state index contributed by atoms with van der Waals surface area (Å²) in [5.74, 6) is -1.09. The highest BCUT2D eigenvalue weighted by Gasteiger charge is 2.70. The van der Waals surface area contributed by atoms with E-state index in [1.54, 1.807) is 43.5 Å². The Hall–Kier alpha value is -4.97. The van der Waals surface area contributed by atoms with E-state index in [0.29, 0.717) is 22.6 Å². The van der Waals surface area contributed by atoms with Crippen LogP contribution in [0.15, 0.2) is 109 Å². The summed E-state index contributed by atoms with van der Waals surface area (Å²) in [7, 11) is 1.58. The van der Waals surface area contributed by atoms with Gasteiger partial charge in [-0.3, -0.25) is 14.4 Å². The molecule has 202 valence electrons. The lowest BCUT2D eigenvalue weighted by Gasteiger charge is -2.39. The van der Waals surface area contributed by atoms with Crippen LogP contribution in [0, 0.1) is 5.92 Å². The zero-order valence-corrected chi connectivity index (χ0v) is 22.7. The van der Waals surface area contributed by atoms with E-state index in [1.807, 2.05) is 78.6 Å². The minimum absolute atomic E-state index is 0.219. The minimum Gasteiger partial charge on any atom is -0.497 e. The van der Waals surface area contributed by atoms with Crippen LogP contribution in [0.2, 0.25) is 0 Å². The molecule has 0 aromatic heterocycles. The number of allylic oxidation sites excluding steroid dienone is 1. The van der Waals surface area contributed by atoms with Crippen LogP contribution in [0.25, 0.3) is 5.57 Å². The summed E-state index contributed by atoms with van der Waals surface area (Å²) in [4.78, 5) is 45.9. The molecule has 7 rings (SSSR count). The molecular weight excluding hydrogens is 512 g/mol. The van der Waals surface area contributed by atoms with Gasteiger partial charge < -0.3 is 15.0 Å². The number of fused-ring (bicyclic) bond motifs is 6. The van der Waals surface area contributed by atoms with Crippen molar-refractivity contribution in [1.29, 1.82) is 0 Å². The maximum atomic E-state index is 14.7. The van der Waals surface area contributed by atoms with Gasteiger partial charge in [-0.15, -0.1) is 0 Å². The zero-order chi connectivity index (χ0) is 28.3. The second kappa shape index (κ2) is 9.30. The van der Waals surface area contributed by atoms with Gasteiger partial charge in [0.05, 0.1) is 19.1 Å². The topological polar surface area (TPSA) is 75.7 Å². The number of methoxy groups -OCH3 is 1. The molecular formula is C35H28N2O4. The second-order valence-corrected chi connectivity index (χ2v) is 10.8. The molecule has 3 aliphatic rings. The van der Waals surface area contributed by atoms with Gasteiger partial charge in [-0.25, -0.2) is 0 Å². The van der Waals surface area contributed by atoms with E-state index < -0.39 is 23.4 Å². The number of para-hydroxylation sites is 2. The van der Waals surface area contributed by atoms with Crippen molar-refractivity contribution >= 4 is 34.4 Å². The number of carbonyl (C=O) groups is 3. The Morgan fingerprint density at radius 1 is 0.805 bits per heavy atom. The number of rotatable bonds is 5. The van der Waals surface area contributed by atoms with E-state index in [1.165, 1.54) is 0 Å². The average Bonchev–Trinajstić information content (AvgIpc) is 3.49. The van der Waals surface area contributed by atoms with Crippen molar-refractivity contribution in [3.8, 4) is 5.75 Å². The molecule has 1 N–H and O–H groups in total. The fourth-order valence-corrected chi connectivity index (χ4v) is 7.10. The normalized spacial score (nSPS) is 23.8. The van der Waals surface area contributed by atoms with Crippen LogP contribution in [0.4, 0.5) is 11.4 Å². The third-order valence-corrected chi connectivity index (χ3v) is 8.87. The number of hydrogen-bond acceptors (Lipinski definition) is 5. The molecule has 6 nitrogen and oxygen atoms in total. The lowest BCUT2D eigenvalue weighted by atomic mass is 9.64. The van der Waals surface area contributed by atoms with Crippen molar-refractivity contribution in [1.82, 2.24) is 0 Å². The molecule has 1 spiro atoms. The molecule has 3 heterocycles. The average molecular weight is 541 g/mol. The molecule has 1 saturated heterocycles. The molecule has 6 heteroatoms. The lowest BCUT2D eigenvalue weighted by Crippen LogP contribution is -2.51. The van der Waals surface area contributed by atoms with Crippen LogP contribution in [-0.2, 0) is 10.2 Å². The number of hydrogen-bond donors (Lipinski definition) is 1. The van der Waals surface area contributed by atoms with Crippen LogP contribution in [0.5, 0.6) is 5.75 Å². The zero-order valence-electron chi connectivity index (χ0n) is 22.7. The van der Waals surface area contributed by atoms with Crippen molar-refractivity contribution in [2.75, 3.05) is 17.3 Å². The Labute approximate surface area is 238 Å². The predicted molar refractivity (Wildman–Crippen MR) is 158 cm³/mol. The highest BCUT2D eigenvalue weighted by molar-refractivity contribution is 6.18. The van der Waals surface area contributed by atoms with Gasteiger partial charge in [0.2, 0.25) is 5.91 Å². The van der Waals surface area contributed by atoms with E-state index in [0.717, 1.165) is 22.4 Å². The fourth-order valence-electron chi connectivity index (χ4n) is 7.10. The first-order valence-electron chi connectivity index (χ1n) is 13.7. The monoisotopic (exact) mass is 540 g/mol. The molecule has 0 unspecified atom stereocenters. The number of nitrogens with one attached hydrogen (secondary N) is 1. The number of benzene rings is 4. The molecule has 1 amide bonds. The van der Waals surface area contributed by atoms with Crippen LogP contribution in [0.3, 0.4) is 0 Å². The first kappa shape index (κ1) is 25.0. The van der Waals surface area contributed by atoms with Crippen LogP contribution in [-0.4, -0.2) is 36.7 Å². The van der Waals surface area contributed by atoms with Gasteiger partial charge in [-0.1, -0.05) is 72.8 Å². The van der Waals surface area contributed by atoms with Gasteiger partial charge >= 0.3 is 0 Å². The third-order valence-electron chi connectivity index (χ3n) is 8.87. The number of ether oxygens (including phenoxy) is 1. The number of nitrogens with zero attached hydrogens (tertiary/aromatic N) is 1. The lowest BCUT2D eigenvalue weighted by molar-refractivity contribution is -0.121. The molecule has 0 radical (unpaired) electrons. The van der Waals surface area contributed by atoms with Crippen LogP contribution >= 0.6 is 0 Å². The molecule has 41 heavy (non-hydrogen) atoms. The van der Waals surface area contributed by atoms with Gasteiger partial charge in [0.15, 0.2) is 11.6 Å². The largest absolute Gasteiger partial charge is 0.497 e. The second-order valence-electron chi connectivity index (χ2n) is 10.8. The van der Waals surface area contributed by atoms with E-state index in [9.17, 15) is 14.4 Å². The number of Topliss-reactive ketones (excluding diaryl/α,β-unsaturated/α-hetero) is 2. The number of amides is 1. The van der Waals surface area contributed by atoms with Crippen LogP contribution in [0.1, 0.15) is 38.8 Å². The highest BCUT2D eigenvalue weighted by Crippen LogP contribution is 2.58. The highest BCUT2D eigenvalue weighted by atomic mass is 16.5. The Kier molecular flexibility index (Phi) is 5.68. The van der Waals surface area contributed by atoms with Crippen molar-refractivity contribution in [3.63, 3.8) is 0 Å². The van der Waals surface area contributed by atoms with Crippen molar-refractivity contribution in [2.24, 2.45) is 5.92 Å². The van der Waals surface area contributed by atoms with Gasteiger partial charge in [0, 0.05) is 28.1 Å². The summed E-state index contributed by atoms with van der Waals surface area (Å²) < 4.78 is 5.33. The van der Waals surface area contributed by atoms with Crippen molar-refractivity contribution < 1.29 is 19.1 Å². The predicted octanol–water partition coefficient (Wildman–Crippen LogP) is 5.94. The number of anilines is 2. The standard InChI is InChI=1S/C35H28N2O4/c1-21-20-29-35(26-13-7-8-14-27(26)36-34(35)40)30(32(38)22-10-4-3-5-11-22)31(37(29)28-15-9-6-12-25(21)28)33(39)23-16-18-24(41-2)19-17-23/h3-20,29-31H,1-2H3,(H,36,40)/t29-,30-,31+,35+/m1/s1. The Balaban J connectivity index is 1.54. The summed E-state index contributed by atoms with van der Waals surface area (Å²) in [6.45, 7) is 2.02. The number of carbonyl (C=O) groups excluding carboxylic acids is 3. The fraction of sp³-hybridized carbons (Fsp3) is 0.171. The Morgan fingerprint density at radius 3 is 2.22 bits per heavy atom. The minimum atomic E-state index is -1.33. The van der Waals surface area contributed by atoms with Gasteiger partial charge in [0.1, 0.15) is 17.2 Å². The summed E-state index contributed by atoms with van der Waals surface area (Å²) in [6, 6.07) is 29.9. The first-order chi connectivity index (χ1) is 20.0. The van der Waals surface area contributed by atoms with Gasteiger partial charge in [-0.05, 0) is 54.5 Å². The summed E-state index contributed by atoms with van der Waals surface area (Å²) in [5.41, 5.74) is 3.82. The summed E-state index contributed by atoms with van der Waals surface area (Å²) >= 11 is 0. The molecule has 0 bridgehead atoms. The molecule has 3 aliphatic heterocycles. The summed E-state index contributed by atoms with van der Waals surface area (Å²) in [6.07, 6.45) is 2.07. The van der Waals surface area contributed by atoms with Crippen molar-refractivity contribution in [2.45, 2.75) is 24.4 Å². The van der Waals surface area contributed by atoms with Crippen molar-refractivity contribution in [3.05, 3.63) is 131 Å². The first-order valence-corrected chi connectivity index (χ1v) is 13.7.